The molecule has 1 saturated heterocycles. The predicted octanol–water partition coefficient (Wildman–Crippen LogP) is 3.36. The zero-order valence-electron chi connectivity index (χ0n) is 19.5. The molecule has 1 aliphatic heterocycles. The number of nitrogens with two attached hydrogens (primary N) is 1. The third kappa shape index (κ3) is 8.07. The van der Waals surface area contributed by atoms with Crippen LogP contribution in [0.5, 0.6) is 5.75 Å². The summed E-state index contributed by atoms with van der Waals surface area (Å²) in [5.74, 6) is 5.56. The summed E-state index contributed by atoms with van der Waals surface area (Å²) < 4.78 is 12.7. The van der Waals surface area contributed by atoms with E-state index in [0.717, 1.165) is 63.4 Å². The van der Waals surface area contributed by atoms with Crippen LogP contribution >= 0.6 is 0 Å². The molecule has 1 aromatic carbocycles. The van der Waals surface area contributed by atoms with E-state index < -0.39 is 0 Å². The van der Waals surface area contributed by atoms with Gasteiger partial charge in [-0.1, -0.05) is 26.2 Å². The molecule has 2 fully saturated rings. The van der Waals surface area contributed by atoms with E-state index in [4.69, 9.17) is 10.7 Å². The van der Waals surface area contributed by atoms with E-state index in [2.05, 4.69) is 27.0 Å². The van der Waals surface area contributed by atoms with Crippen molar-refractivity contribution in [2.75, 3.05) is 32.7 Å². The molecule has 33 heavy (non-hydrogen) atoms. The van der Waals surface area contributed by atoms with Crippen molar-refractivity contribution in [3.05, 3.63) is 59.7 Å². The first kappa shape index (κ1) is 25.1. The second-order valence-electron chi connectivity index (χ2n) is 8.63. The summed E-state index contributed by atoms with van der Waals surface area (Å²) in [6, 6.07) is 7.77. The van der Waals surface area contributed by atoms with E-state index in [-0.39, 0.29) is 11.7 Å². The summed E-state index contributed by atoms with van der Waals surface area (Å²) >= 11 is 0. The first-order valence-corrected chi connectivity index (χ1v) is 11.9. The number of amides is 1. The normalized spacial score (nSPS) is 17.7. The van der Waals surface area contributed by atoms with Crippen LogP contribution in [-0.4, -0.2) is 59.5 Å². The number of hydrogen-bond acceptors (Lipinski definition) is 6. The van der Waals surface area contributed by atoms with Crippen LogP contribution in [0, 0.1) is 5.82 Å². The molecule has 0 bridgehead atoms. The van der Waals surface area contributed by atoms with Crippen molar-refractivity contribution < 1.29 is 14.0 Å². The number of likely N-dealkylation sites (N-methyl/N-ethyl adjacent to an activating group) is 1. The second kappa shape index (κ2) is 13.2. The zero-order chi connectivity index (χ0) is 23.5. The molecule has 2 aliphatic rings. The average Bonchev–Trinajstić information content (AvgIpc) is 2.86. The largest absolute Gasteiger partial charge is 0.411 e. The van der Waals surface area contributed by atoms with Crippen molar-refractivity contribution in [1.29, 1.82) is 0 Å². The summed E-state index contributed by atoms with van der Waals surface area (Å²) in [6.45, 7) is 8.65. The Balaban J connectivity index is 0.000000186. The van der Waals surface area contributed by atoms with E-state index in [1.54, 1.807) is 12.3 Å². The van der Waals surface area contributed by atoms with Crippen molar-refractivity contribution in [3.8, 4) is 5.75 Å². The predicted molar refractivity (Wildman–Crippen MR) is 127 cm³/mol. The SMILES string of the molecule is CCN1CCN(Cc2cnccc2ON)CC1.O=C(NC1CCCCC1)c1ccc(F)cc1. The summed E-state index contributed by atoms with van der Waals surface area (Å²) in [6.07, 6.45) is 9.29. The summed E-state index contributed by atoms with van der Waals surface area (Å²) in [4.78, 5) is 25.6. The average molecular weight is 458 g/mol. The van der Waals surface area contributed by atoms with Crippen molar-refractivity contribution in [1.82, 2.24) is 20.1 Å². The van der Waals surface area contributed by atoms with Gasteiger partial charge in [-0.25, -0.2) is 4.39 Å². The third-order valence-corrected chi connectivity index (χ3v) is 6.34. The topological polar surface area (TPSA) is 83.7 Å². The molecule has 180 valence electrons. The molecule has 1 aliphatic carbocycles. The Morgan fingerprint density at radius 2 is 1.76 bits per heavy atom. The fraction of sp³-hybridized carbons (Fsp3) is 0.520. The van der Waals surface area contributed by atoms with Gasteiger partial charge < -0.3 is 15.1 Å². The Bertz CT molecular complexity index is 850. The van der Waals surface area contributed by atoms with Crippen molar-refractivity contribution in [2.45, 2.75) is 51.6 Å². The number of nitrogens with one attached hydrogen (secondary N) is 1. The van der Waals surface area contributed by atoms with Gasteiger partial charge >= 0.3 is 0 Å². The monoisotopic (exact) mass is 457 g/mol. The molecule has 1 amide bonds. The number of carbonyl (C=O) groups excluding carboxylic acids is 1. The lowest BCUT2D eigenvalue weighted by Gasteiger charge is -2.34. The maximum atomic E-state index is 12.7. The fourth-order valence-electron chi connectivity index (χ4n) is 4.27. The van der Waals surface area contributed by atoms with Gasteiger partial charge in [-0.3, -0.25) is 14.7 Å². The molecule has 2 aromatic rings. The molecule has 3 N–H and O–H groups in total. The maximum absolute atomic E-state index is 12.7. The molecule has 0 atom stereocenters. The molecule has 0 radical (unpaired) electrons. The van der Waals surface area contributed by atoms with Gasteiger partial charge in [-0.15, -0.1) is 0 Å². The van der Waals surface area contributed by atoms with Crippen molar-refractivity contribution in [3.63, 3.8) is 0 Å². The molecule has 7 nitrogen and oxygen atoms in total. The highest BCUT2D eigenvalue weighted by atomic mass is 19.1. The van der Waals surface area contributed by atoms with E-state index in [9.17, 15) is 9.18 Å². The highest BCUT2D eigenvalue weighted by Gasteiger charge is 2.17. The Morgan fingerprint density at radius 3 is 2.39 bits per heavy atom. The van der Waals surface area contributed by atoms with Gasteiger partial charge in [-0.2, -0.15) is 5.90 Å². The van der Waals surface area contributed by atoms with Gasteiger partial charge in [-0.05, 0) is 43.7 Å². The maximum Gasteiger partial charge on any atom is 0.251 e. The first-order valence-electron chi connectivity index (χ1n) is 11.9. The van der Waals surface area contributed by atoms with Gasteiger partial charge in [0.1, 0.15) is 5.82 Å². The number of halogens is 1. The van der Waals surface area contributed by atoms with Crippen LogP contribution in [-0.2, 0) is 6.54 Å². The Kier molecular flexibility index (Phi) is 10.1. The highest BCUT2D eigenvalue weighted by Crippen LogP contribution is 2.19. The minimum absolute atomic E-state index is 0.0908. The van der Waals surface area contributed by atoms with Gasteiger partial charge in [0.2, 0.25) is 0 Å². The molecule has 0 spiro atoms. The number of piperazine rings is 1. The van der Waals surface area contributed by atoms with E-state index in [1.807, 2.05) is 6.20 Å². The molecular formula is C25H36FN5O2. The van der Waals surface area contributed by atoms with Crippen LogP contribution in [0.4, 0.5) is 4.39 Å². The molecule has 2 heterocycles. The lowest BCUT2D eigenvalue weighted by molar-refractivity contribution is 0.0927. The number of aromatic nitrogens is 1. The van der Waals surface area contributed by atoms with Crippen LogP contribution in [0.3, 0.4) is 0 Å². The number of carbonyl (C=O) groups is 1. The van der Waals surface area contributed by atoms with E-state index >= 15 is 0 Å². The van der Waals surface area contributed by atoms with E-state index in [1.165, 1.54) is 43.5 Å². The minimum Gasteiger partial charge on any atom is -0.411 e. The van der Waals surface area contributed by atoms with Gasteiger partial charge in [0, 0.05) is 68.4 Å². The lowest BCUT2D eigenvalue weighted by atomic mass is 9.95. The molecular weight excluding hydrogens is 421 g/mol. The van der Waals surface area contributed by atoms with Crippen LogP contribution in [0.25, 0.3) is 0 Å². The van der Waals surface area contributed by atoms with Gasteiger partial charge in [0.05, 0.1) is 0 Å². The Hall–Kier alpha value is -2.55. The third-order valence-electron chi connectivity index (χ3n) is 6.34. The first-order chi connectivity index (χ1) is 16.1. The fourth-order valence-corrected chi connectivity index (χ4v) is 4.27. The van der Waals surface area contributed by atoms with Crippen molar-refractivity contribution >= 4 is 5.91 Å². The Labute approximate surface area is 196 Å². The number of pyridine rings is 1. The molecule has 8 heteroatoms. The molecule has 0 unspecified atom stereocenters. The van der Waals surface area contributed by atoms with Gasteiger partial charge in [0.15, 0.2) is 5.75 Å². The molecule has 1 aromatic heterocycles. The van der Waals surface area contributed by atoms with Gasteiger partial charge in [0.25, 0.3) is 5.91 Å². The quantitative estimate of drug-likeness (QED) is 0.647. The number of benzene rings is 1. The number of hydrogen-bond donors (Lipinski definition) is 2. The Morgan fingerprint density at radius 1 is 1.09 bits per heavy atom. The zero-order valence-corrected chi connectivity index (χ0v) is 19.5. The van der Waals surface area contributed by atoms with E-state index in [0.29, 0.717) is 11.6 Å². The number of rotatable bonds is 6. The second-order valence-corrected chi connectivity index (χ2v) is 8.63. The standard InChI is InChI=1S/C13H16FNO.C12H20N4O/c14-11-8-6-10(7-9-11)13(16)15-12-4-2-1-3-5-12;1-2-15-5-7-16(8-6-15)10-11-9-14-4-3-12(11)17-13/h6-9,12H,1-5H2,(H,15,16);3-4,9H,2,5-8,10,13H2,1H3. The molecule has 1 saturated carbocycles. The number of nitrogens with zero attached hydrogens (tertiary/aromatic N) is 3. The highest BCUT2D eigenvalue weighted by molar-refractivity contribution is 5.94. The summed E-state index contributed by atoms with van der Waals surface area (Å²) in [7, 11) is 0. The summed E-state index contributed by atoms with van der Waals surface area (Å²) in [5.41, 5.74) is 1.59. The summed E-state index contributed by atoms with van der Waals surface area (Å²) in [5, 5.41) is 2.99. The minimum atomic E-state index is -0.311. The van der Waals surface area contributed by atoms with Crippen LogP contribution in [0.1, 0.15) is 54.9 Å². The van der Waals surface area contributed by atoms with Crippen molar-refractivity contribution in [2.24, 2.45) is 5.90 Å². The lowest BCUT2D eigenvalue weighted by Crippen LogP contribution is -2.45. The van der Waals surface area contributed by atoms with Crippen LogP contribution in [0.2, 0.25) is 0 Å². The van der Waals surface area contributed by atoms with Crippen LogP contribution < -0.4 is 16.1 Å². The molecule has 4 rings (SSSR count). The smallest absolute Gasteiger partial charge is 0.251 e. The van der Waals surface area contributed by atoms with Crippen LogP contribution in [0.15, 0.2) is 42.7 Å².